The summed E-state index contributed by atoms with van der Waals surface area (Å²) in [5, 5.41) is 16.7. The Morgan fingerprint density at radius 2 is 1.72 bits per heavy atom. The zero-order valence-corrected chi connectivity index (χ0v) is 24.9. The predicted molar refractivity (Wildman–Crippen MR) is 160 cm³/mol. The zero-order chi connectivity index (χ0) is 30.2. The number of aliphatic hydroxyl groups is 1. The van der Waals surface area contributed by atoms with E-state index in [4.69, 9.17) is 9.47 Å². The van der Waals surface area contributed by atoms with Gasteiger partial charge in [-0.05, 0) is 43.4 Å². The van der Waals surface area contributed by atoms with Crippen LogP contribution in [-0.2, 0) is 30.3 Å². The SMILES string of the molecule is CC1CC23O[C@]1(C)[C@@H](C(=O)Nc1ccccc1)[C@H]2C(=O)N([C@@H](CO)Cc1ccccc1)C3C(=O)NCCN1CCOCC1. The van der Waals surface area contributed by atoms with Gasteiger partial charge in [0, 0.05) is 31.9 Å². The molecule has 10 heteroatoms. The summed E-state index contributed by atoms with van der Waals surface area (Å²) in [7, 11) is 0. The molecule has 0 radical (unpaired) electrons. The molecular formula is C33H42N4O6. The van der Waals surface area contributed by atoms with E-state index in [2.05, 4.69) is 15.5 Å². The summed E-state index contributed by atoms with van der Waals surface area (Å²) in [6.45, 7) is 7.61. The van der Waals surface area contributed by atoms with Gasteiger partial charge in [-0.15, -0.1) is 0 Å². The standard InChI is InChI=1S/C33H42N4O6/c1-22-20-33-27(26(32(22,2)43-33)29(39)35-24-11-7-4-8-12-24)31(41)37(25(21-38)19-23-9-5-3-6-10-23)28(33)30(40)34-13-14-36-15-17-42-18-16-36/h3-12,22,25-28,38H,13-21H2,1-2H3,(H,34,40)(H,35,39)/t22?,25-,26-,27+,28?,32+,33?/m1/s1. The van der Waals surface area contributed by atoms with Crippen molar-refractivity contribution in [3.05, 3.63) is 66.2 Å². The summed E-state index contributed by atoms with van der Waals surface area (Å²) in [5.41, 5.74) is -0.528. The molecule has 43 heavy (non-hydrogen) atoms. The first-order chi connectivity index (χ1) is 20.8. The van der Waals surface area contributed by atoms with Gasteiger partial charge in [-0.25, -0.2) is 0 Å². The quantitative estimate of drug-likeness (QED) is 0.385. The molecule has 0 aromatic heterocycles. The van der Waals surface area contributed by atoms with Crippen molar-refractivity contribution in [3.8, 4) is 0 Å². The van der Waals surface area contributed by atoms with E-state index in [1.165, 1.54) is 0 Å². The molecule has 2 aromatic rings. The summed E-state index contributed by atoms with van der Waals surface area (Å²) in [4.78, 5) is 46.5. The van der Waals surface area contributed by atoms with Gasteiger partial charge in [-0.2, -0.15) is 0 Å². The molecule has 1 spiro atoms. The number of likely N-dealkylation sites (tertiary alicyclic amines) is 1. The van der Waals surface area contributed by atoms with E-state index < -0.39 is 35.1 Å². The fourth-order valence-electron chi connectivity index (χ4n) is 7.91. The number of para-hydroxylation sites is 1. The maximum Gasteiger partial charge on any atom is 0.245 e. The number of carbonyl (C=O) groups excluding carboxylic acids is 3. The van der Waals surface area contributed by atoms with Crippen LogP contribution in [0.2, 0.25) is 0 Å². The van der Waals surface area contributed by atoms with Gasteiger partial charge in [0.25, 0.3) is 0 Å². The number of anilines is 1. The van der Waals surface area contributed by atoms with E-state index in [0.29, 0.717) is 44.8 Å². The molecule has 2 aromatic carbocycles. The molecule has 10 nitrogen and oxygen atoms in total. The Labute approximate surface area is 252 Å². The van der Waals surface area contributed by atoms with Crippen molar-refractivity contribution in [3.63, 3.8) is 0 Å². The van der Waals surface area contributed by atoms with E-state index in [-0.39, 0.29) is 30.2 Å². The van der Waals surface area contributed by atoms with E-state index >= 15 is 0 Å². The van der Waals surface area contributed by atoms with Gasteiger partial charge in [0.2, 0.25) is 17.7 Å². The topological polar surface area (TPSA) is 120 Å². The maximum atomic E-state index is 14.6. The monoisotopic (exact) mass is 590 g/mol. The Morgan fingerprint density at radius 1 is 1.05 bits per heavy atom. The number of benzene rings is 2. The lowest BCUT2D eigenvalue weighted by molar-refractivity contribution is -0.149. The first-order valence-corrected chi connectivity index (χ1v) is 15.4. The van der Waals surface area contributed by atoms with Crippen LogP contribution in [-0.4, -0.2) is 102 Å². The van der Waals surface area contributed by atoms with E-state index in [0.717, 1.165) is 18.7 Å². The van der Waals surface area contributed by atoms with Gasteiger partial charge in [0.15, 0.2) is 0 Å². The fourth-order valence-corrected chi connectivity index (χ4v) is 7.91. The number of nitrogens with zero attached hydrogens (tertiary/aromatic N) is 2. The average molecular weight is 591 g/mol. The Hall–Kier alpha value is -3.31. The number of aliphatic hydroxyl groups excluding tert-OH is 1. The predicted octanol–water partition coefficient (Wildman–Crippen LogP) is 1.69. The molecule has 230 valence electrons. The second-order valence-corrected chi connectivity index (χ2v) is 12.6. The van der Waals surface area contributed by atoms with Gasteiger partial charge >= 0.3 is 0 Å². The van der Waals surface area contributed by atoms with E-state index in [9.17, 15) is 19.5 Å². The maximum absolute atomic E-state index is 14.6. The number of carbonyl (C=O) groups is 3. The van der Waals surface area contributed by atoms with Crippen molar-refractivity contribution in [1.29, 1.82) is 0 Å². The van der Waals surface area contributed by atoms with Gasteiger partial charge in [-0.1, -0.05) is 55.5 Å². The van der Waals surface area contributed by atoms with Crippen molar-refractivity contribution >= 4 is 23.4 Å². The smallest absolute Gasteiger partial charge is 0.245 e. The number of ether oxygens (including phenoxy) is 2. The van der Waals surface area contributed by atoms with Crippen LogP contribution in [0.15, 0.2) is 60.7 Å². The van der Waals surface area contributed by atoms with Crippen molar-refractivity contribution < 1.29 is 29.0 Å². The highest BCUT2D eigenvalue weighted by molar-refractivity contribution is 6.02. The fraction of sp³-hybridized carbons (Fsp3) is 0.545. The number of morpholine rings is 1. The summed E-state index contributed by atoms with van der Waals surface area (Å²) < 4.78 is 12.3. The first-order valence-electron chi connectivity index (χ1n) is 15.4. The second-order valence-electron chi connectivity index (χ2n) is 12.6. The van der Waals surface area contributed by atoms with Crippen LogP contribution in [0.4, 0.5) is 5.69 Å². The molecule has 0 aliphatic carbocycles. The van der Waals surface area contributed by atoms with Crippen LogP contribution in [0.3, 0.4) is 0 Å². The third-order valence-electron chi connectivity index (χ3n) is 10.1. The van der Waals surface area contributed by atoms with Crippen molar-refractivity contribution in [1.82, 2.24) is 15.1 Å². The molecule has 3 N–H and O–H groups in total. The van der Waals surface area contributed by atoms with Gasteiger partial charge in [-0.3, -0.25) is 19.3 Å². The lowest BCUT2D eigenvalue weighted by Crippen LogP contribution is -2.59. The molecule has 4 fully saturated rings. The summed E-state index contributed by atoms with van der Waals surface area (Å²) in [6, 6.07) is 17.2. The third-order valence-corrected chi connectivity index (χ3v) is 10.1. The average Bonchev–Trinajstić information content (AvgIpc) is 3.54. The lowest BCUT2D eigenvalue weighted by atomic mass is 9.62. The first kappa shape index (κ1) is 29.7. The molecule has 4 aliphatic rings. The van der Waals surface area contributed by atoms with Crippen molar-refractivity contribution in [2.75, 3.05) is 51.3 Å². The number of rotatable bonds is 10. The highest BCUT2D eigenvalue weighted by Gasteiger charge is 2.80. The summed E-state index contributed by atoms with van der Waals surface area (Å²) in [5.74, 6) is -2.64. The molecule has 4 aliphatic heterocycles. The Balaban J connectivity index is 1.33. The Morgan fingerprint density at radius 3 is 2.40 bits per heavy atom. The van der Waals surface area contributed by atoms with Gasteiger partial charge < -0.3 is 30.1 Å². The number of amides is 3. The van der Waals surface area contributed by atoms with Crippen LogP contribution in [0, 0.1) is 17.8 Å². The molecule has 3 amide bonds. The Bertz CT molecular complexity index is 1320. The largest absolute Gasteiger partial charge is 0.394 e. The minimum absolute atomic E-state index is 0.0756. The number of hydrogen-bond donors (Lipinski definition) is 3. The van der Waals surface area contributed by atoms with Crippen molar-refractivity contribution in [2.24, 2.45) is 17.8 Å². The van der Waals surface area contributed by atoms with Crippen LogP contribution >= 0.6 is 0 Å². The minimum Gasteiger partial charge on any atom is -0.394 e. The normalized spacial score (nSPS) is 32.4. The molecule has 7 atom stereocenters. The van der Waals surface area contributed by atoms with Gasteiger partial charge in [0.1, 0.15) is 11.6 Å². The Kier molecular flexibility index (Phi) is 8.30. The summed E-state index contributed by atoms with van der Waals surface area (Å²) >= 11 is 0. The molecule has 4 heterocycles. The van der Waals surface area contributed by atoms with Crippen LogP contribution in [0.5, 0.6) is 0 Å². The zero-order valence-electron chi connectivity index (χ0n) is 24.9. The molecule has 6 rings (SSSR count). The van der Waals surface area contributed by atoms with Crippen molar-refractivity contribution in [2.45, 2.75) is 50.0 Å². The van der Waals surface area contributed by atoms with Crippen LogP contribution < -0.4 is 10.6 Å². The van der Waals surface area contributed by atoms with Crippen LogP contribution in [0.1, 0.15) is 25.8 Å². The molecule has 0 saturated carbocycles. The minimum atomic E-state index is -1.18. The lowest BCUT2D eigenvalue weighted by Gasteiger charge is -2.37. The molecular weight excluding hydrogens is 548 g/mol. The highest BCUT2D eigenvalue weighted by atomic mass is 16.5. The number of hydrogen-bond acceptors (Lipinski definition) is 7. The van der Waals surface area contributed by atoms with E-state index in [1.807, 2.05) is 74.5 Å². The summed E-state index contributed by atoms with van der Waals surface area (Å²) in [6.07, 6.45) is 0.841. The van der Waals surface area contributed by atoms with Gasteiger partial charge in [0.05, 0.1) is 43.3 Å². The molecule has 2 bridgehead atoms. The van der Waals surface area contributed by atoms with Crippen LogP contribution in [0.25, 0.3) is 0 Å². The molecule has 4 saturated heterocycles. The highest BCUT2D eigenvalue weighted by Crippen LogP contribution is 2.65. The molecule has 3 unspecified atom stereocenters. The number of nitrogens with one attached hydrogen (secondary N) is 2. The van der Waals surface area contributed by atoms with E-state index in [1.54, 1.807) is 4.90 Å². The third kappa shape index (κ3) is 5.24. The number of fused-ring (bicyclic) bond motifs is 1. The second kappa shape index (κ2) is 12.0.